The van der Waals surface area contributed by atoms with Crippen LogP contribution in [-0.4, -0.2) is 92.8 Å². The van der Waals surface area contributed by atoms with Gasteiger partial charge in [-0.2, -0.15) is 0 Å². The molecule has 0 spiro atoms. The summed E-state index contributed by atoms with van der Waals surface area (Å²) in [7, 11) is 0.828. The summed E-state index contributed by atoms with van der Waals surface area (Å²) in [6, 6.07) is -0.219. The highest BCUT2D eigenvalue weighted by atomic mass is 32.2. The normalized spacial score (nSPS) is 24.4. The molecular weight excluding hydrogens is 306 g/mol. The van der Waals surface area contributed by atoms with Gasteiger partial charge in [-0.3, -0.25) is 9.59 Å². The number of carbonyl (C=O) groups excluding carboxylic acids is 2. The van der Waals surface area contributed by atoms with Crippen molar-refractivity contribution in [3.8, 4) is 0 Å². The molecule has 22 heavy (non-hydrogen) atoms. The Kier molecular flexibility index (Phi) is 5.11. The van der Waals surface area contributed by atoms with Gasteiger partial charge < -0.3 is 14.7 Å². The van der Waals surface area contributed by atoms with Crippen LogP contribution in [0.2, 0.25) is 0 Å². The van der Waals surface area contributed by atoms with Gasteiger partial charge in [-0.1, -0.05) is 0 Å². The summed E-state index contributed by atoms with van der Waals surface area (Å²) in [5.74, 6) is 0.00585. The van der Waals surface area contributed by atoms with Gasteiger partial charge in [0.2, 0.25) is 11.8 Å². The monoisotopic (exact) mass is 331 g/mol. The Morgan fingerprint density at radius 3 is 2.27 bits per heavy atom. The number of hydrogen-bond acceptors (Lipinski definition) is 5. The van der Waals surface area contributed by atoms with E-state index in [0.717, 1.165) is 0 Å². The second-order valence-electron chi connectivity index (χ2n) is 6.51. The van der Waals surface area contributed by atoms with Gasteiger partial charge >= 0.3 is 0 Å². The SMILES string of the molecule is CC(=O)N1CC(C(=O)N(CCN(C)C)C2CCS(=O)(=O)C2)C1. The highest BCUT2D eigenvalue weighted by molar-refractivity contribution is 7.91. The Morgan fingerprint density at radius 1 is 1.18 bits per heavy atom. The van der Waals surface area contributed by atoms with E-state index in [4.69, 9.17) is 0 Å². The molecule has 0 aromatic rings. The lowest BCUT2D eigenvalue weighted by Crippen LogP contribution is -2.58. The van der Waals surface area contributed by atoms with Gasteiger partial charge in [-0.25, -0.2) is 8.42 Å². The molecule has 0 bridgehead atoms. The van der Waals surface area contributed by atoms with Crippen LogP contribution in [0.1, 0.15) is 13.3 Å². The van der Waals surface area contributed by atoms with Gasteiger partial charge in [0.25, 0.3) is 0 Å². The molecule has 2 saturated heterocycles. The molecule has 0 radical (unpaired) electrons. The van der Waals surface area contributed by atoms with E-state index in [9.17, 15) is 18.0 Å². The van der Waals surface area contributed by atoms with Crippen LogP contribution in [0.15, 0.2) is 0 Å². The van der Waals surface area contributed by atoms with Crippen molar-refractivity contribution in [1.29, 1.82) is 0 Å². The standard InChI is InChI=1S/C14H25N3O4S/c1-11(18)16-8-12(9-16)14(19)17(6-5-15(2)3)13-4-7-22(20,21)10-13/h12-13H,4-10H2,1-3H3. The van der Waals surface area contributed by atoms with Crippen LogP contribution in [0, 0.1) is 5.92 Å². The lowest BCUT2D eigenvalue weighted by atomic mass is 9.97. The van der Waals surface area contributed by atoms with Crippen molar-refractivity contribution in [1.82, 2.24) is 14.7 Å². The summed E-state index contributed by atoms with van der Waals surface area (Å²) in [5, 5.41) is 0. The highest BCUT2D eigenvalue weighted by Gasteiger charge is 2.41. The van der Waals surface area contributed by atoms with Crippen LogP contribution < -0.4 is 0 Å². The molecule has 0 N–H and O–H groups in total. The van der Waals surface area contributed by atoms with Crippen molar-refractivity contribution in [2.24, 2.45) is 5.92 Å². The fraction of sp³-hybridized carbons (Fsp3) is 0.857. The van der Waals surface area contributed by atoms with Crippen LogP contribution in [0.5, 0.6) is 0 Å². The summed E-state index contributed by atoms with van der Waals surface area (Å²) in [6.45, 7) is 3.63. The van der Waals surface area contributed by atoms with Crippen molar-refractivity contribution < 1.29 is 18.0 Å². The Labute approximate surface area is 132 Å². The van der Waals surface area contributed by atoms with Crippen LogP contribution in [0.3, 0.4) is 0 Å². The molecule has 0 aromatic carbocycles. The molecule has 2 amide bonds. The second-order valence-corrected chi connectivity index (χ2v) is 8.74. The number of amides is 2. The minimum absolute atomic E-state index is 0.0125. The molecule has 0 aromatic heterocycles. The molecule has 2 aliphatic rings. The summed E-state index contributed by atoms with van der Waals surface area (Å²) >= 11 is 0. The van der Waals surface area contributed by atoms with Crippen molar-refractivity contribution in [2.45, 2.75) is 19.4 Å². The zero-order chi connectivity index (χ0) is 16.5. The first-order valence-corrected chi connectivity index (χ1v) is 9.43. The third-order valence-corrected chi connectivity index (χ3v) is 6.15. The molecule has 2 heterocycles. The highest BCUT2D eigenvalue weighted by Crippen LogP contribution is 2.24. The molecule has 0 saturated carbocycles. The summed E-state index contributed by atoms with van der Waals surface area (Å²) < 4.78 is 23.4. The van der Waals surface area contributed by atoms with Gasteiger partial charge in [0, 0.05) is 39.1 Å². The van der Waals surface area contributed by atoms with E-state index in [0.29, 0.717) is 32.6 Å². The largest absolute Gasteiger partial charge is 0.341 e. The first kappa shape index (κ1) is 17.2. The minimum atomic E-state index is -3.02. The second kappa shape index (κ2) is 6.54. The smallest absolute Gasteiger partial charge is 0.229 e. The molecule has 0 aliphatic carbocycles. The summed E-state index contributed by atoms with van der Waals surface area (Å²) in [4.78, 5) is 29.3. The number of sulfone groups is 1. The third kappa shape index (κ3) is 3.98. The lowest BCUT2D eigenvalue weighted by molar-refractivity contribution is -0.148. The first-order chi connectivity index (χ1) is 10.2. The third-order valence-electron chi connectivity index (χ3n) is 4.40. The van der Waals surface area contributed by atoms with Gasteiger partial charge in [0.05, 0.1) is 17.4 Å². The van der Waals surface area contributed by atoms with Crippen molar-refractivity contribution in [3.63, 3.8) is 0 Å². The number of likely N-dealkylation sites (N-methyl/N-ethyl adjacent to an activating group) is 1. The Hall–Kier alpha value is -1.15. The fourth-order valence-electron chi connectivity index (χ4n) is 2.93. The van der Waals surface area contributed by atoms with Crippen molar-refractivity contribution in [2.75, 3.05) is 51.8 Å². The molecule has 2 aliphatic heterocycles. The van der Waals surface area contributed by atoms with Crippen LogP contribution in [0.4, 0.5) is 0 Å². The fourth-order valence-corrected chi connectivity index (χ4v) is 4.66. The number of hydrogen-bond donors (Lipinski definition) is 0. The number of nitrogens with zero attached hydrogens (tertiary/aromatic N) is 3. The average molecular weight is 331 g/mol. The molecule has 8 heteroatoms. The Bertz CT molecular complexity index is 540. The first-order valence-electron chi connectivity index (χ1n) is 7.61. The number of likely N-dealkylation sites (tertiary alicyclic amines) is 1. The van der Waals surface area contributed by atoms with Gasteiger partial charge in [0.1, 0.15) is 0 Å². The van der Waals surface area contributed by atoms with Crippen LogP contribution >= 0.6 is 0 Å². The maximum absolute atomic E-state index is 12.7. The molecule has 1 unspecified atom stereocenters. The zero-order valence-corrected chi connectivity index (χ0v) is 14.3. The lowest BCUT2D eigenvalue weighted by Gasteiger charge is -2.41. The van der Waals surface area contributed by atoms with Crippen LogP contribution in [0.25, 0.3) is 0 Å². The molecule has 2 fully saturated rings. The number of carbonyl (C=O) groups is 2. The van der Waals surface area contributed by atoms with E-state index >= 15 is 0 Å². The van der Waals surface area contributed by atoms with E-state index in [1.807, 2.05) is 19.0 Å². The topological polar surface area (TPSA) is 78.0 Å². The zero-order valence-electron chi connectivity index (χ0n) is 13.5. The van der Waals surface area contributed by atoms with E-state index < -0.39 is 9.84 Å². The van der Waals surface area contributed by atoms with E-state index in [-0.39, 0.29) is 35.3 Å². The van der Waals surface area contributed by atoms with Crippen LogP contribution in [-0.2, 0) is 19.4 Å². The predicted molar refractivity (Wildman–Crippen MR) is 83.1 cm³/mol. The quantitative estimate of drug-likeness (QED) is 0.649. The summed E-state index contributed by atoms with van der Waals surface area (Å²) in [6.07, 6.45) is 0.518. The summed E-state index contributed by atoms with van der Waals surface area (Å²) in [5.41, 5.74) is 0. The van der Waals surface area contributed by atoms with E-state index in [1.165, 1.54) is 6.92 Å². The molecule has 7 nitrogen and oxygen atoms in total. The molecular formula is C14H25N3O4S. The maximum Gasteiger partial charge on any atom is 0.229 e. The number of rotatable bonds is 5. The minimum Gasteiger partial charge on any atom is -0.341 e. The Balaban J connectivity index is 2.01. The van der Waals surface area contributed by atoms with E-state index in [2.05, 4.69) is 0 Å². The molecule has 126 valence electrons. The molecule has 1 atom stereocenters. The maximum atomic E-state index is 12.7. The van der Waals surface area contributed by atoms with Crippen molar-refractivity contribution in [3.05, 3.63) is 0 Å². The molecule has 2 rings (SSSR count). The van der Waals surface area contributed by atoms with Gasteiger partial charge in [-0.15, -0.1) is 0 Å². The van der Waals surface area contributed by atoms with Gasteiger partial charge in [-0.05, 0) is 20.5 Å². The van der Waals surface area contributed by atoms with E-state index in [1.54, 1.807) is 9.80 Å². The Morgan fingerprint density at radius 2 is 1.82 bits per heavy atom. The van der Waals surface area contributed by atoms with Crippen molar-refractivity contribution >= 4 is 21.7 Å². The predicted octanol–water partition coefficient (Wildman–Crippen LogP) is -0.958. The average Bonchev–Trinajstić information content (AvgIpc) is 2.67. The van der Waals surface area contributed by atoms with Gasteiger partial charge in [0.15, 0.2) is 9.84 Å².